The number of nitrogens with zero attached hydrogens (tertiary/aromatic N) is 2. The van der Waals surface area contributed by atoms with Crippen molar-refractivity contribution >= 4 is 17.2 Å². The fourth-order valence-corrected chi connectivity index (χ4v) is 3.85. The van der Waals surface area contributed by atoms with Crippen LogP contribution in [0.3, 0.4) is 0 Å². The first-order valence-corrected chi connectivity index (χ1v) is 8.34. The monoisotopic (exact) mass is 306 g/mol. The zero-order valence-electron chi connectivity index (χ0n) is 12.6. The first kappa shape index (κ1) is 16.0. The van der Waals surface area contributed by atoms with Crippen LogP contribution in [0.5, 0.6) is 0 Å². The molecule has 0 unspecified atom stereocenters. The van der Waals surface area contributed by atoms with E-state index in [0.717, 1.165) is 17.7 Å². The largest absolute Gasteiger partial charge is 0.383 e. The molecule has 1 aliphatic carbocycles. The van der Waals surface area contributed by atoms with E-state index in [-0.39, 0.29) is 5.91 Å². The molecule has 1 aromatic rings. The maximum Gasteiger partial charge on any atom is 0.264 e. The number of carbonyl (C=O) groups excluding carboxylic acids is 1. The summed E-state index contributed by atoms with van der Waals surface area (Å²) in [7, 11) is 1.63. The SMILES string of the molecule is COCCN(CCC#N)C(=O)c1cc2c(s1)CCCCC2. The number of rotatable bonds is 6. The van der Waals surface area contributed by atoms with Crippen LogP contribution in [0.1, 0.15) is 45.8 Å². The molecule has 1 aromatic heterocycles. The van der Waals surface area contributed by atoms with Crippen LogP contribution in [0, 0.1) is 11.3 Å². The van der Waals surface area contributed by atoms with Gasteiger partial charge in [0.1, 0.15) is 0 Å². The summed E-state index contributed by atoms with van der Waals surface area (Å²) in [6, 6.07) is 4.18. The molecule has 0 atom stereocenters. The number of aryl methyl sites for hydroxylation is 2. The minimum absolute atomic E-state index is 0.0420. The fourth-order valence-electron chi connectivity index (χ4n) is 2.63. The van der Waals surface area contributed by atoms with Crippen LogP contribution in [0.4, 0.5) is 0 Å². The third-order valence-corrected chi connectivity index (χ3v) is 5.03. The second kappa shape index (κ2) is 8.16. The van der Waals surface area contributed by atoms with Crippen molar-refractivity contribution in [1.82, 2.24) is 4.90 Å². The Labute approximate surface area is 130 Å². The quantitative estimate of drug-likeness (QED) is 0.759. The van der Waals surface area contributed by atoms with Crippen LogP contribution in [0.25, 0.3) is 0 Å². The van der Waals surface area contributed by atoms with E-state index < -0.39 is 0 Å². The number of hydrogen-bond donors (Lipinski definition) is 0. The van der Waals surface area contributed by atoms with Crippen LogP contribution in [-0.4, -0.2) is 37.6 Å². The topological polar surface area (TPSA) is 53.3 Å². The Hall–Kier alpha value is -1.38. The van der Waals surface area contributed by atoms with E-state index >= 15 is 0 Å². The van der Waals surface area contributed by atoms with E-state index in [2.05, 4.69) is 12.1 Å². The number of fused-ring (bicyclic) bond motifs is 1. The number of amides is 1. The second-order valence-electron chi connectivity index (χ2n) is 5.31. The van der Waals surface area contributed by atoms with Gasteiger partial charge in [0.25, 0.3) is 5.91 Å². The summed E-state index contributed by atoms with van der Waals surface area (Å²) < 4.78 is 5.06. The second-order valence-corrected chi connectivity index (χ2v) is 6.45. The molecule has 0 saturated carbocycles. The van der Waals surface area contributed by atoms with E-state index in [1.165, 1.54) is 29.7 Å². The summed E-state index contributed by atoms with van der Waals surface area (Å²) >= 11 is 1.64. The molecule has 4 nitrogen and oxygen atoms in total. The highest BCUT2D eigenvalue weighted by molar-refractivity contribution is 7.14. The Morgan fingerprint density at radius 2 is 2.19 bits per heavy atom. The van der Waals surface area contributed by atoms with Crippen molar-refractivity contribution in [3.05, 3.63) is 21.4 Å². The van der Waals surface area contributed by atoms with Gasteiger partial charge in [0.05, 0.1) is 24.0 Å². The first-order chi connectivity index (χ1) is 10.3. The van der Waals surface area contributed by atoms with E-state index in [1.54, 1.807) is 23.3 Å². The van der Waals surface area contributed by atoms with Gasteiger partial charge in [-0.1, -0.05) is 6.42 Å². The van der Waals surface area contributed by atoms with Crippen molar-refractivity contribution in [3.8, 4) is 6.07 Å². The molecule has 5 heteroatoms. The molecule has 0 saturated heterocycles. The van der Waals surface area contributed by atoms with Gasteiger partial charge in [-0.3, -0.25) is 4.79 Å². The molecule has 0 fully saturated rings. The predicted octanol–water partition coefficient (Wildman–Crippen LogP) is 3.02. The molecule has 0 N–H and O–H groups in total. The Balaban J connectivity index is 2.10. The van der Waals surface area contributed by atoms with Gasteiger partial charge in [-0.15, -0.1) is 11.3 Å². The Morgan fingerprint density at radius 3 is 2.95 bits per heavy atom. The van der Waals surface area contributed by atoms with Crippen molar-refractivity contribution in [2.75, 3.05) is 26.8 Å². The molecule has 0 bridgehead atoms. The fraction of sp³-hybridized carbons (Fsp3) is 0.625. The van der Waals surface area contributed by atoms with Gasteiger partial charge in [0, 0.05) is 25.1 Å². The Kier molecular flexibility index (Phi) is 6.21. The third-order valence-electron chi connectivity index (χ3n) is 3.80. The van der Waals surface area contributed by atoms with Crippen LogP contribution in [0.15, 0.2) is 6.07 Å². The van der Waals surface area contributed by atoms with Gasteiger partial charge in [0.2, 0.25) is 0 Å². The van der Waals surface area contributed by atoms with Crippen LogP contribution in [-0.2, 0) is 17.6 Å². The number of carbonyl (C=O) groups is 1. The zero-order chi connectivity index (χ0) is 15.1. The highest BCUT2D eigenvalue weighted by atomic mass is 32.1. The Morgan fingerprint density at radius 1 is 1.38 bits per heavy atom. The predicted molar refractivity (Wildman–Crippen MR) is 83.6 cm³/mol. The molecule has 0 radical (unpaired) electrons. The highest BCUT2D eigenvalue weighted by Gasteiger charge is 2.20. The minimum atomic E-state index is 0.0420. The van der Waals surface area contributed by atoms with Gasteiger partial charge in [-0.2, -0.15) is 5.26 Å². The lowest BCUT2D eigenvalue weighted by atomic mass is 10.1. The van der Waals surface area contributed by atoms with Crippen molar-refractivity contribution in [1.29, 1.82) is 5.26 Å². The van der Waals surface area contributed by atoms with Crippen LogP contribution < -0.4 is 0 Å². The number of hydrogen-bond acceptors (Lipinski definition) is 4. The number of ether oxygens (including phenoxy) is 1. The molecular formula is C16H22N2O2S. The molecule has 0 spiro atoms. The summed E-state index contributed by atoms with van der Waals surface area (Å²) in [6.45, 7) is 1.52. The Bertz CT molecular complexity index is 495. The lowest BCUT2D eigenvalue weighted by molar-refractivity contribution is 0.0704. The minimum Gasteiger partial charge on any atom is -0.383 e. The van der Waals surface area contributed by atoms with E-state index in [4.69, 9.17) is 10.00 Å². The molecule has 1 heterocycles. The lowest BCUT2D eigenvalue weighted by Crippen LogP contribution is -2.34. The lowest BCUT2D eigenvalue weighted by Gasteiger charge is -2.20. The van der Waals surface area contributed by atoms with Gasteiger partial charge in [-0.05, 0) is 37.3 Å². The summed E-state index contributed by atoms with van der Waals surface area (Å²) in [5.41, 5.74) is 1.35. The van der Waals surface area contributed by atoms with E-state index in [9.17, 15) is 4.79 Å². The van der Waals surface area contributed by atoms with Crippen molar-refractivity contribution in [3.63, 3.8) is 0 Å². The summed E-state index contributed by atoms with van der Waals surface area (Å²) in [6.07, 6.45) is 6.29. The number of thiophene rings is 1. The van der Waals surface area contributed by atoms with Gasteiger partial charge in [0.15, 0.2) is 0 Å². The maximum absolute atomic E-state index is 12.6. The highest BCUT2D eigenvalue weighted by Crippen LogP contribution is 2.29. The molecule has 0 aliphatic heterocycles. The maximum atomic E-state index is 12.6. The molecular weight excluding hydrogens is 284 g/mol. The third kappa shape index (κ3) is 4.29. The molecule has 114 valence electrons. The van der Waals surface area contributed by atoms with Crippen LogP contribution in [0.2, 0.25) is 0 Å². The van der Waals surface area contributed by atoms with Crippen molar-refractivity contribution in [2.45, 2.75) is 38.5 Å². The van der Waals surface area contributed by atoms with Crippen molar-refractivity contribution < 1.29 is 9.53 Å². The van der Waals surface area contributed by atoms with Crippen molar-refractivity contribution in [2.24, 2.45) is 0 Å². The summed E-state index contributed by atoms with van der Waals surface area (Å²) in [5, 5.41) is 8.74. The summed E-state index contributed by atoms with van der Waals surface area (Å²) in [5.74, 6) is 0.0420. The normalized spacial score (nSPS) is 14.1. The average Bonchev–Trinajstić information content (AvgIpc) is 2.78. The van der Waals surface area contributed by atoms with Crippen LogP contribution >= 0.6 is 11.3 Å². The smallest absolute Gasteiger partial charge is 0.264 e. The van der Waals surface area contributed by atoms with Gasteiger partial charge >= 0.3 is 0 Å². The van der Waals surface area contributed by atoms with E-state index in [0.29, 0.717) is 26.1 Å². The zero-order valence-corrected chi connectivity index (χ0v) is 13.4. The first-order valence-electron chi connectivity index (χ1n) is 7.53. The molecule has 0 aromatic carbocycles. The molecule has 21 heavy (non-hydrogen) atoms. The standard InChI is InChI=1S/C16H22N2O2S/c1-20-11-10-18(9-5-8-17)16(19)15-12-13-6-3-2-4-7-14(13)21-15/h12H,2-7,9-11H2,1H3. The number of methoxy groups -OCH3 is 1. The van der Waals surface area contributed by atoms with Gasteiger partial charge in [-0.25, -0.2) is 0 Å². The van der Waals surface area contributed by atoms with E-state index in [1.807, 2.05) is 0 Å². The molecule has 1 amide bonds. The van der Waals surface area contributed by atoms with Gasteiger partial charge < -0.3 is 9.64 Å². The summed E-state index contributed by atoms with van der Waals surface area (Å²) in [4.78, 5) is 16.6. The molecule has 2 rings (SSSR count). The average molecular weight is 306 g/mol. The number of nitriles is 1. The molecule has 1 aliphatic rings.